The number of benzene rings is 1. The summed E-state index contributed by atoms with van der Waals surface area (Å²) in [5.74, 6) is -1.80. The summed E-state index contributed by atoms with van der Waals surface area (Å²) in [7, 11) is 0. The Morgan fingerprint density at radius 1 is 1.16 bits per heavy atom. The average molecular weight is 274 g/mol. The van der Waals surface area contributed by atoms with E-state index in [0.717, 1.165) is 6.07 Å². The fourth-order valence-corrected chi connectivity index (χ4v) is 1.59. The van der Waals surface area contributed by atoms with Crippen molar-refractivity contribution in [3.05, 3.63) is 54.4 Å². The Morgan fingerprint density at radius 3 is 2.37 bits per heavy atom. The lowest BCUT2D eigenvalue weighted by Crippen LogP contribution is -2.13. The van der Waals surface area contributed by atoms with E-state index in [2.05, 4.69) is 13.2 Å². The molecule has 104 valence electrons. The first-order valence-corrected chi connectivity index (χ1v) is 5.65. The Balaban J connectivity index is 3.23. The number of alkyl halides is 3. The first kappa shape index (κ1) is 15.3. The van der Waals surface area contributed by atoms with E-state index in [4.69, 9.17) is 4.74 Å². The molecule has 0 heterocycles. The Morgan fingerprint density at radius 2 is 1.84 bits per heavy atom. The molecule has 0 saturated carbocycles. The summed E-state index contributed by atoms with van der Waals surface area (Å²) in [6.45, 7) is 6.67. The number of hydrogen-bond acceptors (Lipinski definition) is 1. The van der Waals surface area contributed by atoms with Gasteiger partial charge in [-0.1, -0.05) is 24.8 Å². The molecule has 0 fully saturated rings. The van der Waals surface area contributed by atoms with Crippen LogP contribution >= 0.6 is 0 Å². The SMILES string of the molecule is C=CCCc1ccc(OCC=C)c(C(F)(F)F)c1F. The van der Waals surface area contributed by atoms with Crippen molar-refractivity contribution >= 4 is 0 Å². The molecule has 0 spiro atoms. The van der Waals surface area contributed by atoms with Crippen molar-refractivity contribution in [3.8, 4) is 5.75 Å². The van der Waals surface area contributed by atoms with Crippen LogP contribution in [0.4, 0.5) is 17.6 Å². The van der Waals surface area contributed by atoms with Gasteiger partial charge in [0.1, 0.15) is 23.7 Å². The van der Waals surface area contributed by atoms with Gasteiger partial charge in [0.15, 0.2) is 0 Å². The fourth-order valence-electron chi connectivity index (χ4n) is 1.59. The summed E-state index contributed by atoms with van der Waals surface area (Å²) < 4.78 is 57.4. The predicted molar refractivity (Wildman–Crippen MR) is 65.6 cm³/mol. The molecule has 1 aromatic carbocycles. The monoisotopic (exact) mass is 274 g/mol. The van der Waals surface area contributed by atoms with Crippen LogP contribution in [-0.2, 0) is 12.6 Å². The maximum Gasteiger partial charge on any atom is 0.422 e. The van der Waals surface area contributed by atoms with Crippen LogP contribution in [0.3, 0.4) is 0 Å². The molecule has 0 bridgehead atoms. The summed E-state index contributed by atoms with van der Waals surface area (Å²) >= 11 is 0. The molecule has 0 aliphatic heterocycles. The van der Waals surface area contributed by atoms with Crippen LogP contribution in [0.5, 0.6) is 5.75 Å². The van der Waals surface area contributed by atoms with Crippen LogP contribution in [-0.4, -0.2) is 6.61 Å². The smallest absolute Gasteiger partial charge is 0.422 e. The second kappa shape index (κ2) is 6.41. The number of rotatable bonds is 6. The fraction of sp³-hybridized carbons (Fsp3) is 0.286. The van der Waals surface area contributed by atoms with Gasteiger partial charge in [-0.3, -0.25) is 0 Å². The third-order valence-electron chi connectivity index (χ3n) is 2.44. The number of allylic oxidation sites excluding steroid dienone is 1. The van der Waals surface area contributed by atoms with E-state index in [-0.39, 0.29) is 18.6 Å². The molecule has 1 aromatic rings. The second-order valence-corrected chi connectivity index (χ2v) is 3.84. The second-order valence-electron chi connectivity index (χ2n) is 3.84. The highest BCUT2D eigenvalue weighted by Crippen LogP contribution is 2.39. The number of halogens is 4. The maximum atomic E-state index is 13.9. The van der Waals surface area contributed by atoms with Crippen molar-refractivity contribution < 1.29 is 22.3 Å². The average Bonchev–Trinajstić information content (AvgIpc) is 2.33. The minimum Gasteiger partial charge on any atom is -0.489 e. The van der Waals surface area contributed by atoms with Gasteiger partial charge in [-0.2, -0.15) is 13.2 Å². The first-order valence-electron chi connectivity index (χ1n) is 5.65. The van der Waals surface area contributed by atoms with Crippen molar-refractivity contribution in [2.75, 3.05) is 6.61 Å². The van der Waals surface area contributed by atoms with Gasteiger partial charge in [-0.05, 0) is 24.5 Å². The highest BCUT2D eigenvalue weighted by Gasteiger charge is 2.38. The van der Waals surface area contributed by atoms with Crippen molar-refractivity contribution in [3.63, 3.8) is 0 Å². The van der Waals surface area contributed by atoms with Crippen LogP contribution in [0.2, 0.25) is 0 Å². The summed E-state index contributed by atoms with van der Waals surface area (Å²) in [6.07, 6.45) is -1.41. The van der Waals surface area contributed by atoms with E-state index in [1.54, 1.807) is 0 Å². The Bertz CT molecular complexity index is 463. The van der Waals surface area contributed by atoms with Crippen molar-refractivity contribution in [1.82, 2.24) is 0 Å². The normalized spacial score (nSPS) is 11.2. The third kappa shape index (κ3) is 3.84. The number of aryl methyl sites for hydroxylation is 1. The zero-order valence-corrected chi connectivity index (χ0v) is 10.3. The quantitative estimate of drug-likeness (QED) is 0.547. The topological polar surface area (TPSA) is 9.23 Å². The van der Waals surface area contributed by atoms with Gasteiger partial charge >= 0.3 is 6.18 Å². The van der Waals surface area contributed by atoms with Gasteiger partial charge in [0.05, 0.1) is 0 Å². The molecule has 1 rings (SSSR count). The van der Waals surface area contributed by atoms with Crippen molar-refractivity contribution in [2.24, 2.45) is 0 Å². The largest absolute Gasteiger partial charge is 0.489 e. The molecule has 0 amide bonds. The van der Waals surface area contributed by atoms with E-state index in [1.165, 1.54) is 18.2 Å². The van der Waals surface area contributed by atoms with Gasteiger partial charge in [-0.25, -0.2) is 4.39 Å². The van der Waals surface area contributed by atoms with Gasteiger partial charge in [0.2, 0.25) is 0 Å². The van der Waals surface area contributed by atoms with Crippen LogP contribution in [0.25, 0.3) is 0 Å². The highest BCUT2D eigenvalue weighted by atomic mass is 19.4. The summed E-state index contributed by atoms with van der Waals surface area (Å²) in [5, 5.41) is 0. The number of hydrogen-bond donors (Lipinski definition) is 0. The van der Waals surface area contributed by atoms with Gasteiger partial charge in [0.25, 0.3) is 0 Å². The van der Waals surface area contributed by atoms with E-state index < -0.39 is 23.3 Å². The Labute approximate surface area is 109 Å². The molecule has 0 radical (unpaired) electrons. The van der Waals surface area contributed by atoms with Crippen molar-refractivity contribution in [1.29, 1.82) is 0 Å². The van der Waals surface area contributed by atoms with E-state index in [9.17, 15) is 17.6 Å². The molecule has 19 heavy (non-hydrogen) atoms. The molecule has 0 unspecified atom stereocenters. The van der Waals surface area contributed by atoms with E-state index in [0.29, 0.717) is 6.42 Å². The molecule has 1 nitrogen and oxygen atoms in total. The van der Waals surface area contributed by atoms with Crippen LogP contribution in [0.15, 0.2) is 37.4 Å². The summed E-state index contributed by atoms with van der Waals surface area (Å²) in [5.41, 5.74) is -1.37. The maximum absolute atomic E-state index is 13.9. The lowest BCUT2D eigenvalue weighted by molar-refractivity contribution is -0.141. The summed E-state index contributed by atoms with van der Waals surface area (Å²) in [4.78, 5) is 0. The van der Waals surface area contributed by atoms with E-state index in [1.807, 2.05) is 0 Å². The molecule has 0 atom stereocenters. The molecule has 5 heteroatoms. The lowest BCUT2D eigenvalue weighted by Gasteiger charge is -2.16. The molecule has 0 aromatic heterocycles. The standard InChI is InChI=1S/C14H14F4O/c1-3-5-6-10-7-8-11(19-9-4-2)12(13(10)15)14(16,17)18/h3-4,7-8H,1-2,5-6,9H2. The minimum absolute atomic E-state index is 0.00169. The Kier molecular flexibility index (Phi) is 5.15. The predicted octanol–water partition coefficient (Wildman–Crippen LogP) is 4.53. The number of ether oxygens (including phenoxy) is 1. The zero-order valence-electron chi connectivity index (χ0n) is 10.3. The van der Waals surface area contributed by atoms with E-state index >= 15 is 0 Å². The molecule has 0 aliphatic carbocycles. The van der Waals surface area contributed by atoms with Crippen LogP contribution in [0.1, 0.15) is 17.5 Å². The molecule has 0 saturated heterocycles. The zero-order chi connectivity index (χ0) is 14.5. The molecular formula is C14H14F4O. The summed E-state index contributed by atoms with van der Waals surface area (Å²) in [6, 6.07) is 2.43. The Hall–Kier alpha value is -1.78. The highest BCUT2D eigenvalue weighted by molar-refractivity contribution is 5.41. The van der Waals surface area contributed by atoms with Crippen LogP contribution in [0, 0.1) is 5.82 Å². The third-order valence-corrected chi connectivity index (χ3v) is 2.44. The minimum atomic E-state index is -4.80. The lowest BCUT2D eigenvalue weighted by atomic mass is 10.0. The van der Waals surface area contributed by atoms with Gasteiger partial charge < -0.3 is 4.74 Å². The van der Waals surface area contributed by atoms with Gasteiger partial charge in [-0.15, -0.1) is 6.58 Å². The van der Waals surface area contributed by atoms with Crippen LogP contribution < -0.4 is 4.74 Å². The van der Waals surface area contributed by atoms with Crippen molar-refractivity contribution in [2.45, 2.75) is 19.0 Å². The molecule has 0 aliphatic rings. The molecular weight excluding hydrogens is 260 g/mol. The molecule has 0 N–H and O–H groups in total. The first-order chi connectivity index (χ1) is 8.91. The van der Waals surface area contributed by atoms with Gasteiger partial charge in [0, 0.05) is 0 Å².